The molecule has 1 N–H and O–H groups in total. The Balaban J connectivity index is 5.19. The highest BCUT2D eigenvalue weighted by Gasteiger charge is 2.27. The Labute approximate surface area is 453 Å². The highest BCUT2D eigenvalue weighted by Crippen LogP contribution is 2.38. The van der Waals surface area contributed by atoms with E-state index in [1.165, 1.54) is 205 Å². The standard InChI is InChI=1S/C63H121N2O7P/c1-7-10-13-16-19-22-25-28-30-31-32-33-34-35-36-37-40-43-46-49-52-55-62(66)64-60(59-71-73(68,69)70-58-57-65(4,5)6)61(54-51-48-45-42-39-27-24-21-18-15-12-9-3)72-63(67)56-53-50-47-44-41-38-29-26-23-20-17-14-11-8-2/h19,22,28,30,51,54,60-61H,7-18,20-21,23-27,29,31-50,52-53,55-59H2,1-6H3,(H-,64,66,68,69)/b22-19-,30-28-,54-51-. The van der Waals surface area contributed by atoms with E-state index in [2.05, 4.69) is 50.4 Å². The van der Waals surface area contributed by atoms with Gasteiger partial charge < -0.3 is 28.5 Å². The molecule has 1 amide bonds. The summed E-state index contributed by atoms with van der Waals surface area (Å²) < 4.78 is 30.3. The van der Waals surface area contributed by atoms with Gasteiger partial charge in [0.25, 0.3) is 7.82 Å². The summed E-state index contributed by atoms with van der Waals surface area (Å²) in [5, 5.41) is 3.03. The molecule has 0 rings (SSSR count). The lowest BCUT2D eigenvalue weighted by Gasteiger charge is -2.30. The molecule has 0 saturated heterocycles. The maximum atomic E-state index is 13.5. The molecule has 0 heterocycles. The van der Waals surface area contributed by atoms with Crippen molar-refractivity contribution in [2.45, 2.75) is 315 Å². The Morgan fingerprint density at radius 3 is 1.26 bits per heavy atom. The Morgan fingerprint density at radius 1 is 0.479 bits per heavy atom. The quantitative estimate of drug-likeness (QED) is 0.0212. The van der Waals surface area contributed by atoms with Gasteiger partial charge in [-0.25, -0.2) is 0 Å². The minimum atomic E-state index is -4.69. The Hall–Kier alpha value is -1.77. The summed E-state index contributed by atoms with van der Waals surface area (Å²) in [5.41, 5.74) is 0. The SMILES string of the molecule is CCCCC/C=C\C/C=C\CCCCCCCCCCCCCC(=O)NC(COP(=O)([O-])OCC[N+](C)(C)C)C(/C=C\CCCCCCCCCCCC)OC(=O)CCCCCCCCCCCCCCCC. The number of quaternary nitrogens is 1. The number of phosphoric ester groups is 1. The van der Waals surface area contributed by atoms with Crippen LogP contribution in [0.2, 0.25) is 0 Å². The van der Waals surface area contributed by atoms with E-state index in [1.807, 2.05) is 33.3 Å². The number of carbonyl (C=O) groups excluding carboxylic acids is 2. The summed E-state index contributed by atoms with van der Waals surface area (Å²) in [7, 11) is 1.19. The number of ether oxygens (including phenoxy) is 1. The molecule has 10 heteroatoms. The predicted octanol–water partition coefficient (Wildman–Crippen LogP) is 18.5. The fourth-order valence-corrected chi connectivity index (χ4v) is 9.92. The van der Waals surface area contributed by atoms with Gasteiger partial charge in [-0.2, -0.15) is 0 Å². The van der Waals surface area contributed by atoms with Crippen molar-refractivity contribution < 1.29 is 37.3 Å². The minimum absolute atomic E-state index is 0.0202. The molecule has 0 aromatic rings. The van der Waals surface area contributed by atoms with E-state index in [4.69, 9.17) is 13.8 Å². The predicted molar refractivity (Wildman–Crippen MR) is 312 cm³/mol. The molecule has 3 atom stereocenters. The Kier molecular flexibility index (Phi) is 52.3. The first-order valence-electron chi connectivity index (χ1n) is 31.3. The number of allylic oxidation sites excluding steroid dienone is 5. The number of carbonyl (C=O) groups is 2. The van der Waals surface area contributed by atoms with Crippen LogP contribution in [-0.4, -0.2) is 69.4 Å². The Bertz CT molecular complexity index is 1350. The molecule has 0 spiro atoms. The molecule has 430 valence electrons. The lowest BCUT2D eigenvalue weighted by molar-refractivity contribution is -0.870. The Morgan fingerprint density at radius 2 is 0.836 bits per heavy atom. The van der Waals surface area contributed by atoms with Crippen LogP contribution in [0.25, 0.3) is 0 Å². The number of unbranched alkanes of at least 4 members (excludes halogenated alkanes) is 37. The molecule has 0 aliphatic rings. The van der Waals surface area contributed by atoms with Crippen molar-refractivity contribution >= 4 is 19.7 Å². The van der Waals surface area contributed by atoms with Gasteiger partial charge in [-0.05, 0) is 63.9 Å². The van der Waals surface area contributed by atoms with Crippen LogP contribution in [0.5, 0.6) is 0 Å². The van der Waals surface area contributed by atoms with Gasteiger partial charge in [0, 0.05) is 12.8 Å². The largest absolute Gasteiger partial charge is 0.756 e. The summed E-state index contributed by atoms with van der Waals surface area (Å²) in [4.78, 5) is 40.0. The van der Waals surface area contributed by atoms with Crippen LogP contribution < -0.4 is 10.2 Å². The average Bonchev–Trinajstić information content (AvgIpc) is 3.35. The molecule has 0 aromatic carbocycles. The normalized spacial score (nSPS) is 13.9. The lowest BCUT2D eigenvalue weighted by Crippen LogP contribution is -2.47. The van der Waals surface area contributed by atoms with Gasteiger partial charge in [0.2, 0.25) is 5.91 Å². The molecule has 0 aromatic heterocycles. The molecule has 3 unspecified atom stereocenters. The summed E-state index contributed by atoms with van der Waals surface area (Å²) in [6, 6.07) is -0.884. The molecular weight excluding hydrogens is 928 g/mol. The first kappa shape index (κ1) is 71.2. The van der Waals surface area contributed by atoms with Gasteiger partial charge >= 0.3 is 5.97 Å². The second-order valence-corrected chi connectivity index (χ2v) is 24.0. The second kappa shape index (κ2) is 53.6. The molecule has 0 bridgehead atoms. The molecule has 9 nitrogen and oxygen atoms in total. The van der Waals surface area contributed by atoms with Gasteiger partial charge in [-0.15, -0.1) is 0 Å². The van der Waals surface area contributed by atoms with Crippen LogP contribution >= 0.6 is 7.82 Å². The number of nitrogens with one attached hydrogen (secondary N) is 1. The van der Waals surface area contributed by atoms with E-state index < -0.39 is 20.0 Å². The van der Waals surface area contributed by atoms with Gasteiger partial charge in [0.15, 0.2) is 0 Å². The number of nitrogens with zero attached hydrogens (tertiary/aromatic N) is 1. The number of amides is 1. The third-order valence-electron chi connectivity index (χ3n) is 14.1. The lowest BCUT2D eigenvalue weighted by atomic mass is 10.0. The maximum Gasteiger partial charge on any atom is 0.306 e. The van der Waals surface area contributed by atoms with Gasteiger partial charge in [-0.1, -0.05) is 263 Å². The fourth-order valence-electron chi connectivity index (χ4n) is 9.20. The van der Waals surface area contributed by atoms with Crippen molar-refractivity contribution in [1.29, 1.82) is 0 Å². The molecule has 0 fully saturated rings. The first-order chi connectivity index (χ1) is 35.4. The van der Waals surface area contributed by atoms with E-state index in [-0.39, 0.29) is 31.5 Å². The molecule has 0 aliphatic heterocycles. The van der Waals surface area contributed by atoms with Crippen molar-refractivity contribution in [2.75, 3.05) is 40.9 Å². The van der Waals surface area contributed by atoms with Crippen LogP contribution in [-0.2, 0) is 27.9 Å². The average molecular weight is 1050 g/mol. The van der Waals surface area contributed by atoms with Gasteiger partial charge in [-0.3, -0.25) is 14.2 Å². The number of hydrogen-bond donors (Lipinski definition) is 1. The van der Waals surface area contributed by atoms with Crippen molar-refractivity contribution in [2.24, 2.45) is 0 Å². The first-order valence-corrected chi connectivity index (χ1v) is 32.8. The van der Waals surface area contributed by atoms with E-state index in [1.54, 1.807) is 0 Å². The van der Waals surface area contributed by atoms with E-state index in [0.29, 0.717) is 17.4 Å². The fraction of sp³-hybridized carbons (Fsp3) is 0.873. The van der Waals surface area contributed by atoms with Crippen LogP contribution in [0.1, 0.15) is 303 Å². The third-order valence-corrected chi connectivity index (χ3v) is 15.0. The summed E-state index contributed by atoms with van der Waals surface area (Å²) in [6.07, 6.45) is 63.9. The number of likely N-dealkylation sites (N-methyl/N-ethyl adjacent to an activating group) is 1. The molecular formula is C63H121N2O7P. The highest BCUT2D eigenvalue weighted by atomic mass is 31.2. The van der Waals surface area contributed by atoms with Crippen LogP contribution in [0.4, 0.5) is 0 Å². The summed E-state index contributed by atoms with van der Waals surface area (Å²) in [6.45, 7) is 6.85. The maximum absolute atomic E-state index is 13.5. The monoisotopic (exact) mass is 1050 g/mol. The molecule has 73 heavy (non-hydrogen) atoms. The van der Waals surface area contributed by atoms with Gasteiger partial charge in [0.1, 0.15) is 19.3 Å². The molecule has 0 saturated carbocycles. The summed E-state index contributed by atoms with van der Waals surface area (Å²) in [5.74, 6) is -0.530. The topological polar surface area (TPSA) is 114 Å². The van der Waals surface area contributed by atoms with Crippen molar-refractivity contribution in [3.8, 4) is 0 Å². The van der Waals surface area contributed by atoms with Crippen LogP contribution in [0.3, 0.4) is 0 Å². The number of phosphoric acid groups is 1. The second-order valence-electron chi connectivity index (χ2n) is 22.6. The summed E-state index contributed by atoms with van der Waals surface area (Å²) >= 11 is 0. The highest BCUT2D eigenvalue weighted by molar-refractivity contribution is 7.45. The van der Waals surface area contributed by atoms with Crippen molar-refractivity contribution in [3.05, 3.63) is 36.5 Å². The van der Waals surface area contributed by atoms with Gasteiger partial charge in [0.05, 0.1) is 33.8 Å². The smallest absolute Gasteiger partial charge is 0.306 e. The number of hydrogen-bond acceptors (Lipinski definition) is 7. The van der Waals surface area contributed by atoms with Crippen molar-refractivity contribution in [1.82, 2.24) is 5.32 Å². The minimum Gasteiger partial charge on any atom is -0.756 e. The van der Waals surface area contributed by atoms with E-state index in [0.717, 1.165) is 64.2 Å². The van der Waals surface area contributed by atoms with Crippen LogP contribution in [0.15, 0.2) is 36.5 Å². The number of esters is 1. The van der Waals surface area contributed by atoms with E-state index in [9.17, 15) is 19.0 Å². The zero-order chi connectivity index (χ0) is 53.6. The number of rotatable bonds is 57. The molecule has 0 aliphatic carbocycles. The zero-order valence-electron chi connectivity index (χ0n) is 49.1. The van der Waals surface area contributed by atoms with Crippen LogP contribution in [0, 0.1) is 0 Å². The van der Waals surface area contributed by atoms with E-state index >= 15 is 0 Å². The van der Waals surface area contributed by atoms with Crippen molar-refractivity contribution in [3.63, 3.8) is 0 Å². The molecule has 0 radical (unpaired) electrons. The zero-order valence-corrected chi connectivity index (χ0v) is 50.0. The third kappa shape index (κ3) is 54.8.